The second-order valence-electron chi connectivity index (χ2n) is 5.14. The maximum atomic E-state index is 12.4. The molecule has 0 aliphatic carbocycles. The van der Waals surface area contributed by atoms with Crippen LogP contribution in [0.4, 0.5) is 0 Å². The predicted molar refractivity (Wildman–Crippen MR) is 66.3 cm³/mol. The fourth-order valence-electron chi connectivity index (χ4n) is 2.79. The van der Waals surface area contributed by atoms with Gasteiger partial charge in [-0.05, 0) is 32.6 Å². The van der Waals surface area contributed by atoms with E-state index in [4.69, 9.17) is 15.7 Å². The summed E-state index contributed by atoms with van der Waals surface area (Å²) in [6, 6.07) is -0.257. The van der Waals surface area contributed by atoms with Gasteiger partial charge in [-0.1, -0.05) is 5.16 Å². The summed E-state index contributed by atoms with van der Waals surface area (Å²) in [5, 5.41) is 11.8. The molecule has 0 aromatic carbocycles. The SMILES string of the molecule is CC1CC(C(=O)N2CCCCC2C(N)=NO)CO1. The summed E-state index contributed by atoms with van der Waals surface area (Å²) in [5.74, 6) is 0.137. The van der Waals surface area contributed by atoms with Gasteiger partial charge in [0.15, 0.2) is 5.84 Å². The van der Waals surface area contributed by atoms with Crippen molar-refractivity contribution in [3.63, 3.8) is 0 Å². The fraction of sp³-hybridized carbons (Fsp3) is 0.833. The summed E-state index contributed by atoms with van der Waals surface area (Å²) in [6.45, 7) is 3.15. The zero-order valence-corrected chi connectivity index (χ0v) is 10.7. The van der Waals surface area contributed by atoms with E-state index in [0.29, 0.717) is 13.2 Å². The van der Waals surface area contributed by atoms with E-state index >= 15 is 0 Å². The number of rotatable bonds is 2. The van der Waals surface area contributed by atoms with Gasteiger partial charge in [0, 0.05) is 6.54 Å². The number of carbonyl (C=O) groups is 1. The summed E-state index contributed by atoms with van der Waals surface area (Å²) in [4.78, 5) is 14.2. The van der Waals surface area contributed by atoms with Crippen molar-refractivity contribution in [1.29, 1.82) is 0 Å². The number of piperidine rings is 1. The molecule has 18 heavy (non-hydrogen) atoms. The number of nitrogens with two attached hydrogens (primary N) is 1. The Hall–Kier alpha value is -1.30. The number of amidine groups is 1. The number of nitrogens with zero attached hydrogens (tertiary/aromatic N) is 2. The van der Waals surface area contributed by atoms with Gasteiger partial charge < -0.3 is 20.6 Å². The Morgan fingerprint density at radius 2 is 2.28 bits per heavy atom. The zero-order valence-electron chi connectivity index (χ0n) is 10.7. The first kappa shape index (κ1) is 13.1. The molecular formula is C12H21N3O3. The molecule has 6 heteroatoms. The highest BCUT2D eigenvalue weighted by atomic mass is 16.5. The average molecular weight is 255 g/mol. The molecule has 2 heterocycles. The van der Waals surface area contributed by atoms with Crippen LogP contribution in [-0.4, -0.2) is 47.1 Å². The van der Waals surface area contributed by atoms with E-state index in [2.05, 4.69) is 5.16 Å². The molecule has 2 fully saturated rings. The van der Waals surface area contributed by atoms with Crippen molar-refractivity contribution in [3.8, 4) is 0 Å². The quantitative estimate of drug-likeness (QED) is 0.326. The molecule has 102 valence electrons. The van der Waals surface area contributed by atoms with Gasteiger partial charge in [0.1, 0.15) is 0 Å². The molecule has 0 saturated carbocycles. The van der Waals surface area contributed by atoms with Crippen LogP contribution in [0.2, 0.25) is 0 Å². The largest absolute Gasteiger partial charge is 0.409 e. The lowest BCUT2D eigenvalue weighted by atomic mass is 9.97. The number of oxime groups is 1. The monoisotopic (exact) mass is 255 g/mol. The second-order valence-corrected chi connectivity index (χ2v) is 5.14. The van der Waals surface area contributed by atoms with Gasteiger partial charge in [-0.2, -0.15) is 0 Å². The summed E-state index contributed by atoms with van der Waals surface area (Å²) in [6.07, 6.45) is 3.65. The van der Waals surface area contributed by atoms with Gasteiger partial charge in [-0.25, -0.2) is 0 Å². The molecule has 1 amide bonds. The van der Waals surface area contributed by atoms with Crippen LogP contribution in [0.3, 0.4) is 0 Å². The lowest BCUT2D eigenvalue weighted by Gasteiger charge is -2.36. The summed E-state index contributed by atoms with van der Waals surface area (Å²) in [7, 11) is 0. The van der Waals surface area contributed by atoms with Gasteiger partial charge in [-0.3, -0.25) is 4.79 Å². The topological polar surface area (TPSA) is 88.2 Å². The van der Waals surface area contributed by atoms with E-state index in [1.807, 2.05) is 6.92 Å². The van der Waals surface area contributed by atoms with Crippen LogP contribution in [0, 0.1) is 5.92 Å². The second kappa shape index (κ2) is 5.56. The van der Waals surface area contributed by atoms with E-state index in [0.717, 1.165) is 25.7 Å². The number of hydrogen-bond donors (Lipinski definition) is 2. The maximum Gasteiger partial charge on any atom is 0.228 e. The van der Waals surface area contributed by atoms with Crippen molar-refractivity contribution in [1.82, 2.24) is 4.90 Å². The number of hydrogen-bond acceptors (Lipinski definition) is 4. The van der Waals surface area contributed by atoms with E-state index in [1.54, 1.807) is 4.90 Å². The average Bonchev–Trinajstić information content (AvgIpc) is 2.83. The molecular weight excluding hydrogens is 234 g/mol. The number of carbonyl (C=O) groups excluding carboxylic acids is 1. The number of amides is 1. The van der Waals surface area contributed by atoms with Crippen molar-refractivity contribution in [2.24, 2.45) is 16.8 Å². The molecule has 3 unspecified atom stereocenters. The Bertz CT molecular complexity index is 345. The van der Waals surface area contributed by atoms with Crippen LogP contribution in [0.25, 0.3) is 0 Å². The highest BCUT2D eigenvalue weighted by molar-refractivity contribution is 5.90. The fourth-order valence-corrected chi connectivity index (χ4v) is 2.79. The van der Waals surface area contributed by atoms with Crippen molar-refractivity contribution < 1.29 is 14.7 Å². The molecule has 3 N–H and O–H groups in total. The van der Waals surface area contributed by atoms with E-state index in [1.165, 1.54) is 0 Å². The molecule has 0 aromatic rings. The molecule has 2 aliphatic heterocycles. The minimum Gasteiger partial charge on any atom is -0.409 e. The lowest BCUT2D eigenvalue weighted by molar-refractivity contribution is -0.137. The Labute approximate surface area is 107 Å². The van der Waals surface area contributed by atoms with Crippen LogP contribution in [0.15, 0.2) is 5.16 Å². The van der Waals surface area contributed by atoms with Gasteiger partial charge >= 0.3 is 0 Å². The maximum absolute atomic E-state index is 12.4. The third-order valence-electron chi connectivity index (χ3n) is 3.79. The predicted octanol–water partition coefficient (Wildman–Crippen LogP) is 0.539. The molecule has 6 nitrogen and oxygen atoms in total. The molecule has 3 atom stereocenters. The van der Waals surface area contributed by atoms with Gasteiger partial charge in [0.05, 0.1) is 24.7 Å². The standard InChI is InChI=1S/C12H21N3O3/c1-8-6-9(7-18-8)12(16)15-5-3-2-4-10(15)11(13)14-17/h8-10,17H,2-7H2,1H3,(H2,13,14). The molecule has 2 saturated heterocycles. The smallest absolute Gasteiger partial charge is 0.228 e. The summed E-state index contributed by atoms with van der Waals surface area (Å²) in [5.41, 5.74) is 5.68. The number of ether oxygens (including phenoxy) is 1. The summed E-state index contributed by atoms with van der Waals surface area (Å²) < 4.78 is 5.44. The third kappa shape index (κ3) is 2.58. The van der Waals surface area contributed by atoms with Crippen molar-refractivity contribution >= 4 is 11.7 Å². The summed E-state index contributed by atoms with van der Waals surface area (Å²) >= 11 is 0. The van der Waals surface area contributed by atoms with E-state index in [9.17, 15) is 4.79 Å². The Kier molecular flexibility index (Phi) is 4.06. The minimum absolute atomic E-state index is 0.0768. The Morgan fingerprint density at radius 1 is 1.50 bits per heavy atom. The first-order valence-corrected chi connectivity index (χ1v) is 6.53. The van der Waals surface area contributed by atoms with Gasteiger partial charge in [0.2, 0.25) is 5.91 Å². The molecule has 0 aromatic heterocycles. The van der Waals surface area contributed by atoms with E-state index < -0.39 is 0 Å². The van der Waals surface area contributed by atoms with Crippen LogP contribution < -0.4 is 5.73 Å². The normalized spacial score (nSPS) is 33.7. The van der Waals surface area contributed by atoms with Crippen molar-refractivity contribution in [2.45, 2.75) is 44.8 Å². The zero-order chi connectivity index (χ0) is 13.1. The van der Waals surface area contributed by atoms with Gasteiger partial charge in [-0.15, -0.1) is 0 Å². The minimum atomic E-state index is -0.257. The first-order chi connectivity index (χ1) is 8.63. The van der Waals surface area contributed by atoms with Crippen LogP contribution in [-0.2, 0) is 9.53 Å². The highest BCUT2D eigenvalue weighted by Gasteiger charge is 2.36. The molecule has 0 spiro atoms. The highest BCUT2D eigenvalue weighted by Crippen LogP contribution is 2.25. The van der Waals surface area contributed by atoms with Crippen LogP contribution in [0.1, 0.15) is 32.6 Å². The van der Waals surface area contributed by atoms with Gasteiger partial charge in [0.25, 0.3) is 0 Å². The van der Waals surface area contributed by atoms with Crippen molar-refractivity contribution in [3.05, 3.63) is 0 Å². The number of likely N-dealkylation sites (tertiary alicyclic amines) is 1. The van der Waals surface area contributed by atoms with Crippen molar-refractivity contribution in [2.75, 3.05) is 13.2 Å². The third-order valence-corrected chi connectivity index (χ3v) is 3.79. The van der Waals surface area contributed by atoms with Crippen LogP contribution in [0.5, 0.6) is 0 Å². The molecule has 2 aliphatic rings. The Balaban J connectivity index is 2.06. The van der Waals surface area contributed by atoms with E-state index in [-0.39, 0.29) is 29.8 Å². The first-order valence-electron chi connectivity index (χ1n) is 6.53. The molecule has 0 radical (unpaired) electrons. The molecule has 0 bridgehead atoms. The Morgan fingerprint density at radius 3 is 2.89 bits per heavy atom. The lowest BCUT2D eigenvalue weighted by Crippen LogP contribution is -2.52. The molecule has 2 rings (SSSR count). The van der Waals surface area contributed by atoms with Crippen LogP contribution >= 0.6 is 0 Å².